The van der Waals surface area contributed by atoms with Gasteiger partial charge in [-0.1, -0.05) is 12.2 Å². The molecule has 5 heteroatoms. The minimum Gasteiger partial charge on any atom is -0.341 e. The number of piperidine rings is 1. The predicted molar refractivity (Wildman–Crippen MR) is 81.8 cm³/mol. The van der Waals surface area contributed by atoms with Gasteiger partial charge in [0.2, 0.25) is 17.7 Å². The van der Waals surface area contributed by atoms with E-state index in [1.807, 2.05) is 4.90 Å². The summed E-state index contributed by atoms with van der Waals surface area (Å²) in [6.07, 6.45) is 8.71. The first-order chi connectivity index (χ1) is 11.2. The van der Waals surface area contributed by atoms with Crippen LogP contribution in [0.25, 0.3) is 0 Å². The summed E-state index contributed by atoms with van der Waals surface area (Å²) in [4.78, 5) is 41.2. The van der Waals surface area contributed by atoms with Crippen molar-refractivity contribution in [2.45, 2.75) is 25.7 Å². The van der Waals surface area contributed by atoms with Crippen LogP contribution in [0.2, 0.25) is 0 Å². The Bertz CT molecular complexity index is 586. The maximum absolute atomic E-state index is 12.8. The molecule has 23 heavy (non-hydrogen) atoms. The van der Waals surface area contributed by atoms with Crippen molar-refractivity contribution in [3.63, 3.8) is 0 Å². The first-order valence-electron chi connectivity index (χ1n) is 8.98. The number of likely N-dealkylation sites (tertiary alicyclic amines) is 2. The smallest absolute Gasteiger partial charge is 0.242 e. The summed E-state index contributed by atoms with van der Waals surface area (Å²) < 4.78 is 0. The van der Waals surface area contributed by atoms with Gasteiger partial charge in [0.1, 0.15) is 6.54 Å². The van der Waals surface area contributed by atoms with Gasteiger partial charge in [-0.2, -0.15) is 0 Å². The van der Waals surface area contributed by atoms with E-state index in [0.29, 0.717) is 11.8 Å². The highest BCUT2D eigenvalue weighted by Gasteiger charge is 2.67. The van der Waals surface area contributed by atoms with Gasteiger partial charge in [0.15, 0.2) is 0 Å². The Balaban J connectivity index is 1.36. The average Bonchev–Trinajstić information content (AvgIpc) is 3.37. The summed E-state index contributed by atoms with van der Waals surface area (Å²) in [6.45, 7) is 1.48. The molecule has 2 saturated carbocycles. The molecule has 2 bridgehead atoms. The molecule has 0 aromatic rings. The van der Waals surface area contributed by atoms with Crippen LogP contribution < -0.4 is 0 Å². The molecule has 5 nitrogen and oxygen atoms in total. The molecule has 0 aromatic heterocycles. The quantitative estimate of drug-likeness (QED) is 0.565. The topological polar surface area (TPSA) is 57.7 Å². The molecule has 6 aliphatic rings. The summed E-state index contributed by atoms with van der Waals surface area (Å²) in [6, 6.07) is 0. The Kier molecular flexibility index (Phi) is 2.80. The van der Waals surface area contributed by atoms with Gasteiger partial charge in [0.25, 0.3) is 0 Å². The van der Waals surface area contributed by atoms with Crippen molar-refractivity contribution in [3.05, 3.63) is 12.2 Å². The van der Waals surface area contributed by atoms with Crippen LogP contribution in [-0.4, -0.2) is 47.2 Å². The van der Waals surface area contributed by atoms with Gasteiger partial charge in [0, 0.05) is 13.1 Å². The lowest BCUT2D eigenvalue weighted by Gasteiger charge is -2.37. The molecule has 6 atom stereocenters. The number of nitrogens with zero attached hydrogens (tertiary/aromatic N) is 2. The normalized spacial score (nSPS) is 43.7. The number of hydrogen-bond acceptors (Lipinski definition) is 3. The molecule has 0 N–H and O–H groups in total. The molecule has 0 unspecified atom stereocenters. The fourth-order valence-corrected chi connectivity index (χ4v) is 5.55. The highest BCUT2D eigenvalue weighted by Crippen LogP contribution is 2.65. The molecule has 0 radical (unpaired) electrons. The van der Waals surface area contributed by atoms with Crippen molar-refractivity contribution < 1.29 is 14.4 Å². The van der Waals surface area contributed by atoms with Crippen LogP contribution >= 0.6 is 0 Å². The monoisotopic (exact) mass is 314 g/mol. The third-order valence-corrected chi connectivity index (χ3v) is 6.76. The lowest BCUT2D eigenvalue weighted by Crippen LogP contribution is -2.45. The van der Waals surface area contributed by atoms with Crippen molar-refractivity contribution in [1.29, 1.82) is 0 Å². The van der Waals surface area contributed by atoms with E-state index in [9.17, 15) is 14.4 Å². The molecule has 0 spiro atoms. The molecule has 4 fully saturated rings. The van der Waals surface area contributed by atoms with E-state index in [1.54, 1.807) is 0 Å². The molecule has 3 amide bonds. The first-order valence-corrected chi connectivity index (χ1v) is 8.98. The second-order valence-electron chi connectivity index (χ2n) is 7.86. The molecular formula is C18H22N2O3. The Morgan fingerprint density at radius 2 is 1.52 bits per heavy atom. The number of allylic oxidation sites excluding steroid dienone is 2. The Labute approximate surface area is 135 Å². The zero-order valence-corrected chi connectivity index (χ0v) is 13.2. The molecule has 2 saturated heterocycles. The molecule has 122 valence electrons. The number of hydrogen-bond donors (Lipinski definition) is 0. The first kappa shape index (κ1) is 13.8. The number of imide groups is 1. The lowest BCUT2D eigenvalue weighted by molar-refractivity contribution is -0.147. The highest BCUT2D eigenvalue weighted by molar-refractivity contribution is 6.08. The summed E-state index contributed by atoms with van der Waals surface area (Å²) >= 11 is 0. The number of amides is 3. The van der Waals surface area contributed by atoms with Crippen LogP contribution in [0.5, 0.6) is 0 Å². The predicted octanol–water partition coefficient (Wildman–Crippen LogP) is 1.05. The molecule has 4 aliphatic carbocycles. The number of rotatable bonds is 2. The maximum Gasteiger partial charge on any atom is 0.242 e. The number of carbonyl (C=O) groups is 3. The van der Waals surface area contributed by atoms with E-state index in [1.165, 1.54) is 11.3 Å². The minimum atomic E-state index is -0.185. The van der Waals surface area contributed by atoms with E-state index < -0.39 is 0 Å². The average molecular weight is 314 g/mol. The van der Waals surface area contributed by atoms with E-state index in [-0.39, 0.29) is 47.9 Å². The van der Waals surface area contributed by atoms with Crippen LogP contribution in [-0.2, 0) is 14.4 Å². The number of carbonyl (C=O) groups excluding carboxylic acids is 3. The second kappa shape index (κ2) is 4.68. The van der Waals surface area contributed by atoms with Crippen LogP contribution in [0.1, 0.15) is 25.7 Å². The minimum absolute atomic E-state index is 0.0422. The molecule has 2 heterocycles. The van der Waals surface area contributed by atoms with Gasteiger partial charge >= 0.3 is 0 Å². The van der Waals surface area contributed by atoms with Crippen molar-refractivity contribution in [1.82, 2.24) is 9.80 Å². The van der Waals surface area contributed by atoms with E-state index in [2.05, 4.69) is 12.2 Å². The van der Waals surface area contributed by atoms with E-state index in [0.717, 1.165) is 32.4 Å². The Morgan fingerprint density at radius 1 is 0.957 bits per heavy atom. The fraction of sp³-hybridized carbons (Fsp3) is 0.722. The molecule has 0 aromatic carbocycles. The van der Waals surface area contributed by atoms with Crippen molar-refractivity contribution in [3.8, 4) is 0 Å². The van der Waals surface area contributed by atoms with Crippen molar-refractivity contribution in [2.75, 3.05) is 19.6 Å². The van der Waals surface area contributed by atoms with Gasteiger partial charge in [0.05, 0.1) is 11.8 Å². The largest absolute Gasteiger partial charge is 0.341 e. The van der Waals surface area contributed by atoms with E-state index >= 15 is 0 Å². The molecule has 2 aliphatic heterocycles. The van der Waals surface area contributed by atoms with Crippen molar-refractivity contribution >= 4 is 17.7 Å². The Morgan fingerprint density at radius 3 is 2.09 bits per heavy atom. The van der Waals surface area contributed by atoms with Gasteiger partial charge in [-0.15, -0.1) is 0 Å². The van der Waals surface area contributed by atoms with Crippen LogP contribution in [0.3, 0.4) is 0 Å². The van der Waals surface area contributed by atoms with Crippen LogP contribution in [0.4, 0.5) is 0 Å². The summed E-state index contributed by atoms with van der Waals surface area (Å²) in [5.41, 5.74) is 0. The zero-order valence-electron chi connectivity index (χ0n) is 13.2. The van der Waals surface area contributed by atoms with Crippen LogP contribution in [0.15, 0.2) is 12.2 Å². The second-order valence-corrected chi connectivity index (χ2v) is 7.86. The molecular weight excluding hydrogens is 292 g/mol. The maximum atomic E-state index is 12.8. The third-order valence-electron chi connectivity index (χ3n) is 6.76. The van der Waals surface area contributed by atoms with Gasteiger partial charge < -0.3 is 4.90 Å². The van der Waals surface area contributed by atoms with Crippen LogP contribution in [0, 0.1) is 35.5 Å². The fourth-order valence-electron chi connectivity index (χ4n) is 5.55. The zero-order chi connectivity index (χ0) is 15.7. The summed E-state index contributed by atoms with van der Waals surface area (Å²) in [5.74, 6) is 1.09. The summed E-state index contributed by atoms with van der Waals surface area (Å²) in [7, 11) is 0. The van der Waals surface area contributed by atoms with E-state index in [4.69, 9.17) is 0 Å². The third kappa shape index (κ3) is 1.82. The van der Waals surface area contributed by atoms with Crippen molar-refractivity contribution in [2.24, 2.45) is 35.5 Å². The standard InChI is InChI=1S/C18H22N2O3/c21-14(19-6-2-1-3-7-19)9-20-17(22)15-10-4-5-11(13-8-12(10)13)16(15)18(20)23/h4-5,10-13,15-16H,1-3,6-9H2/t10-,11-,12-,13-,15+,16+/m0/s1. The SMILES string of the molecule is O=C(CN1C(=O)[C@@H]2[C@H]3C=C[C@@H]([C@@H]4C[C@@H]34)[C@H]2C1=O)N1CCCCC1. The Hall–Kier alpha value is -1.65. The van der Waals surface area contributed by atoms with Gasteiger partial charge in [-0.05, 0) is 49.4 Å². The highest BCUT2D eigenvalue weighted by atomic mass is 16.2. The summed E-state index contributed by atoms with van der Waals surface area (Å²) in [5, 5.41) is 0. The van der Waals surface area contributed by atoms with Gasteiger partial charge in [-0.25, -0.2) is 0 Å². The molecule has 6 rings (SSSR count). The van der Waals surface area contributed by atoms with Gasteiger partial charge in [-0.3, -0.25) is 19.3 Å². The lowest BCUT2D eigenvalue weighted by atomic mass is 9.63.